The van der Waals surface area contributed by atoms with Gasteiger partial charge in [-0.15, -0.1) is 0 Å². The molecule has 5 heteroatoms. The molecule has 0 saturated heterocycles. The van der Waals surface area contributed by atoms with Crippen molar-refractivity contribution in [2.24, 2.45) is 0 Å². The van der Waals surface area contributed by atoms with Gasteiger partial charge in [0.05, 0.1) is 19.2 Å². The highest BCUT2D eigenvalue weighted by Crippen LogP contribution is 2.30. The van der Waals surface area contributed by atoms with Crippen molar-refractivity contribution >= 4 is 16.8 Å². The Morgan fingerprint density at radius 3 is 2.68 bits per heavy atom. The maximum Gasteiger partial charge on any atom is 0.267 e. The molecule has 0 saturated carbocycles. The van der Waals surface area contributed by atoms with E-state index in [0.29, 0.717) is 25.4 Å². The second-order valence-electron chi connectivity index (χ2n) is 6.70. The number of methoxy groups -OCH3 is 1. The van der Waals surface area contributed by atoms with Crippen molar-refractivity contribution in [1.29, 1.82) is 0 Å². The molecule has 3 aromatic rings. The first kappa shape index (κ1) is 19.8. The first-order valence-corrected chi connectivity index (χ1v) is 9.84. The Kier molecular flexibility index (Phi) is 6.58. The Bertz CT molecular complexity index is 946. The average Bonchev–Trinajstić information content (AvgIpc) is 3.08. The number of hydrogen-bond acceptors (Lipinski definition) is 3. The van der Waals surface area contributed by atoms with Crippen LogP contribution in [0.15, 0.2) is 48.5 Å². The molecule has 1 N–H and O–H groups in total. The van der Waals surface area contributed by atoms with Gasteiger partial charge >= 0.3 is 0 Å². The first-order valence-electron chi connectivity index (χ1n) is 9.84. The van der Waals surface area contributed by atoms with E-state index < -0.39 is 0 Å². The summed E-state index contributed by atoms with van der Waals surface area (Å²) in [6.45, 7) is 5.91. The largest absolute Gasteiger partial charge is 0.497 e. The molecule has 0 bridgehead atoms. The predicted molar refractivity (Wildman–Crippen MR) is 112 cm³/mol. The topological polar surface area (TPSA) is 52.5 Å². The number of benzene rings is 2. The van der Waals surface area contributed by atoms with Gasteiger partial charge in [-0.1, -0.05) is 31.5 Å². The Hall–Kier alpha value is -2.95. The molecule has 1 amide bonds. The van der Waals surface area contributed by atoms with Crippen molar-refractivity contribution in [3.8, 4) is 11.5 Å². The lowest BCUT2D eigenvalue weighted by Gasteiger charge is -2.12. The summed E-state index contributed by atoms with van der Waals surface area (Å²) in [6, 6.07) is 15.8. The smallest absolute Gasteiger partial charge is 0.267 e. The zero-order valence-electron chi connectivity index (χ0n) is 16.8. The van der Waals surface area contributed by atoms with Gasteiger partial charge in [0.2, 0.25) is 0 Å². The maximum absolute atomic E-state index is 12.9. The quantitative estimate of drug-likeness (QED) is 0.551. The number of carbonyl (C=O) groups excluding carboxylic acids is 1. The van der Waals surface area contributed by atoms with E-state index in [1.165, 1.54) is 0 Å². The van der Waals surface area contributed by atoms with E-state index >= 15 is 0 Å². The van der Waals surface area contributed by atoms with Gasteiger partial charge in [-0.2, -0.15) is 0 Å². The number of ether oxygens (including phenoxy) is 2. The van der Waals surface area contributed by atoms with Crippen LogP contribution < -0.4 is 14.8 Å². The van der Waals surface area contributed by atoms with Gasteiger partial charge in [0, 0.05) is 18.5 Å². The van der Waals surface area contributed by atoms with Crippen LogP contribution in [0.2, 0.25) is 0 Å². The van der Waals surface area contributed by atoms with E-state index in [-0.39, 0.29) is 5.91 Å². The number of fused-ring (bicyclic) bond motifs is 1. The molecule has 0 fully saturated rings. The number of nitrogens with zero attached hydrogens (tertiary/aromatic N) is 1. The van der Waals surface area contributed by atoms with Gasteiger partial charge in [-0.25, -0.2) is 0 Å². The molecule has 0 radical (unpaired) electrons. The molecule has 1 heterocycles. The fourth-order valence-electron chi connectivity index (χ4n) is 3.32. The van der Waals surface area contributed by atoms with E-state index in [1.54, 1.807) is 7.11 Å². The molecule has 0 aliphatic rings. The van der Waals surface area contributed by atoms with Crippen LogP contribution in [0.4, 0.5) is 0 Å². The molecular formula is C23H28N2O3. The van der Waals surface area contributed by atoms with Crippen molar-refractivity contribution in [3.63, 3.8) is 0 Å². The van der Waals surface area contributed by atoms with Crippen molar-refractivity contribution < 1.29 is 14.3 Å². The molecule has 5 nitrogen and oxygen atoms in total. The van der Waals surface area contributed by atoms with Crippen LogP contribution in [0.5, 0.6) is 11.5 Å². The SMILES string of the molecule is CCCCNC(=O)c1cc2c(OCC)cccc2n1Cc1cccc(OC)c1. The molecule has 28 heavy (non-hydrogen) atoms. The molecular weight excluding hydrogens is 352 g/mol. The van der Waals surface area contributed by atoms with E-state index in [9.17, 15) is 4.79 Å². The Morgan fingerprint density at radius 2 is 1.93 bits per heavy atom. The summed E-state index contributed by atoms with van der Waals surface area (Å²) in [7, 11) is 1.66. The monoisotopic (exact) mass is 380 g/mol. The van der Waals surface area contributed by atoms with Crippen molar-refractivity contribution in [2.75, 3.05) is 20.3 Å². The highest BCUT2D eigenvalue weighted by atomic mass is 16.5. The van der Waals surface area contributed by atoms with Crippen molar-refractivity contribution in [1.82, 2.24) is 9.88 Å². The summed E-state index contributed by atoms with van der Waals surface area (Å²) in [5.74, 6) is 1.54. The summed E-state index contributed by atoms with van der Waals surface area (Å²) in [4.78, 5) is 12.9. The van der Waals surface area contributed by atoms with Crippen LogP contribution in [0.25, 0.3) is 10.9 Å². The number of amides is 1. The third-order valence-electron chi connectivity index (χ3n) is 4.73. The lowest BCUT2D eigenvalue weighted by molar-refractivity contribution is 0.0945. The summed E-state index contributed by atoms with van der Waals surface area (Å²) in [5.41, 5.74) is 2.69. The fraction of sp³-hybridized carbons (Fsp3) is 0.348. The first-order chi connectivity index (χ1) is 13.7. The van der Waals surface area contributed by atoms with Gasteiger partial charge in [0.25, 0.3) is 5.91 Å². The van der Waals surface area contributed by atoms with E-state index in [1.807, 2.05) is 60.0 Å². The Morgan fingerprint density at radius 1 is 1.11 bits per heavy atom. The highest BCUT2D eigenvalue weighted by Gasteiger charge is 2.18. The summed E-state index contributed by atoms with van der Waals surface area (Å²) in [6.07, 6.45) is 2.01. The maximum atomic E-state index is 12.9. The number of hydrogen-bond donors (Lipinski definition) is 1. The van der Waals surface area contributed by atoms with Gasteiger partial charge in [-0.05, 0) is 49.2 Å². The Labute approximate surface area is 166 Å². The second-order valence-corrected chi connectivity index (χ2v) is 6.70. The van der Waals surface area contributed by atoms with Gasteiger partial charge in [0.1, 0.15) is 17.2 Å². The van der Waals surface area contributed by atoms with Crippen molar-refractivity contribution in [2.45, 2.75) is 33.2 Å². The molecule has 148 valence electrons. The molecule has 0 aliphatic heterocycles. The minimum absolute atomic E-state index is 0.0602. The third-order valence-corrected chi connectivity index (χ3v) is 4.73. The predicted octanol–water partition coefficient (Wildman–Crippen LogP) is 4.63. The van der Waals surface area contributed by atoms with Gasteiger partial charge in [0.15, 0.2) is 0 Å². The van der Waals surface area contributed by atoms with Crippen LogP contribution in [-0.4, -0.2) is 30.7 Å². The highest BCUT2D eigenvalue weighted by molar-refractivity contribution is 6.00. The normalized spacial score (nSPS) is 10.8. The second kappa shape index (κ2) is 9.31. The molecule has 1 aromatic heterocycles. The molecule has 0 unspecified atom stereocenters. The summed E-state index contributed by atoms with van der Waals surface area (Å²) >= 11 is 0. The van der Waals surface area contributed by atoms with Crippen LogP contribution in [0.3, 0.4) is 0 Å². The van der Waals surface area contributed by atoms with Crippen molar-refractivity contribution in [3.05, 3.63) is 59.8 Å². The van der Waals surface area contributed by atoms with Gasteiger partial charge < -0.3 is 19.4 Å². The van der Waals surface area contributed by atoms with Crippen LogP contribution in [0.1, 0.15) is 42.7 Å². The van der Waals surface area contributed by atoms with E-state index in [0.717, 1.165) is 40.8 Å². The van der Waals surface area contributed by atoms with Crippen LogP contribution >= 0.6 is 0 Å². The van der Waals surface area contributed by atoms with E-state index in [4.69, 9.17) is 9.47 Å². The number of unbranched alkanes of at least 4 members (excludes halogenated alkanes) is 1. The summed E-state index contributed by atoms with van der Waals surface area (Å²) < 4.78 is 13.2. The number of carbonyl (C=O) groups is 1. The summed E-state index contributed by atoms with van der Waals surface area (Å²) in [5, 5.41) is 3.99. The van der Waals surface area contributed by atoms with E-state index in [2.05, 4.69) is 12.2 Å². The number of nitrogens with one attached hydrogen (secondary N) is 1. The fourth-order valence-corrected chi connectivity index (χ4v) is 3.32. The molecule has 0 atom stereocenters. The molecule has 0 aliphatic carbocycles. The lowest BCUT2D eigenvalue weighted by atomic mass is 10.2. The number of aromatic nitrogens is 1. The zero-order chi connectivity index (χ0) is 19.9. The average molecular weight is 380 g/mol. The minimum atomic E-state index is -0.0602. The third kappa shape index (κ3) is 4.30. The Balaban J connectivity index is 2.04. The molecule has 0 spiro atoms. The van der Waals surface area contributed by atoms with Gasteiger partial charge in [-0.3, -0.25) is 4.79 Å². The number of rotatable bonds is 9. The lowest BCUT2D eigenvalue weighted by Crippen LogP contribution is -2.26. The van der Waals surface area contributed by atoms with Crippen LogP contribution in [-0.2, 0) is 6.54 Å². The molecule has 2 aromatic carbocycles. The zero-order valence-corrected chi connectivity index (χ0v) is 16.8. The minimum Gasteiger partial charge on any atom is -0.497 e. The van der Waals surface area contributed by atoms with Crippen LogP contribution in [0, 0.1) is 0 Å². The standard InChI is InChI=1S/C23H28N2O3/c1-4-6-13-24-23(26)21-15-19-20(11-8-12-22(19)28-5-2)25(21)16-17-9-7-10-18(14-17)27-3/h7-12,14-15H,4-6,13,16H2,1-3H3,(H,24,26). The molecule has 3 rings (SSSR count).